The summed E-state index contributed by atoms with van der Waals surface area (Å²) in [5.74, 6) is 0. The zero-order chi connectivity index (χ0) is 14.5. The van der Waals surface area contributed by atoms with Gasteiger partial charge in [0, 0.05) is 0 Å². The van der Waals surface area contributed by atoms with Gasteiger partial charge in [0.2, 0.25) is 0 Å². The largest absolute Gasteiger partial charge is 0.139 e. The summed E-state index contributed by atoms with van der Waals surface area (Å²) in [5.41, 5.74) is 6.27. The molecule has 0 N–H and O–H groups in total. The van der Waals surface area contributed by atoms with Crippen LogP contribution in [0.3, 0.4) is 0 Å². The van der Waals surface area contributed by atoms with Crippen LogP contribution < -0.4 is 5.46 Å². The van der Waals surface area contributed by atoms with Crippen LogP contribution in [-0.2, 0) is 0 Å². The standard InChI is InChI=1S/C20H17B/c21-19-14-12-18(13-15-19)20-9-5-4-8-17(20)11-10-16-6-2-1-3-7-16/h1-15H,21H2. The van der Waals surface area contributed by atoms with Gasteiger partial charge in [-0.15, -0.1) is 0 Å². The lowest BCUT2D eigenvalue weighted by molar-refractivity contribution is 1.60. The van der Waals surface area contributed by atoms with E-state index in [0.717, 1.165) is 0 Å². The molecular formula is C20H17B. The highest BCUT2D eigenvalue weighted by Gasteiger charge is 2.01. The average Bonchev–Trinajstić information content (AvgIpc) is 2.55. The van der Waals surface area contributed by atoms with Crippen LogP contribution in [0, 0.1) is 0 Å². The Bertz CT molecular complexity index is 740. The molecule has 0 aliphatic heterocycles. The van der Waals surface area contributed by atoms with Crippen LogP contribution in [0.25, 0.3) is 23.3 Å². The molecule has 0 radical (unpaired) electrons. The minimum absolute atomic E-state index is 1.22. The summed E-state index contributed by atoms with van der Waals surface area (Å²) < 4.78 is 0. The van der Waals surface area contributed by atoms with E-state index in [4.69, 9.17) is 0 Å². The molecular weight excluding hydrogens is 251 g/mol. The van der Waals surface area contributed by atoms with Crippen LogP contribution in [0.4, 0.5) is 0 Å². The molecule has 0 aromatic heterocycles. The van der Waals surface area contributed by atoms with E-state index in [2.05, 4.69) is 92.8 Å². The Morgan fingerprint density at radius 1 is 0.619 bits per heavy atom. The molecule has 0 atom stereocenters. The SMILES string of the molecule is Bc1ccc(-c2ccccc2C=Cc2ccccc2)cc1. The van der Waals surface area contributed by atoms with Crippen molar-refractivity contribution in [2.24, 2.45) is 0 Å². The summed E-state index contributed by atoms with van der Waals surface area (Å²) in [7, 11) is 2.12. The highest BCUT2D eigenvalue weighted by atomic mass is 14.1. The van der Waals surface area contributed by atoms with E-state index >= 15 is 0 Å². The molecule has 0 saturated carbocycles. The maximum atomic E-state index is 2.19. The van der Waals surface area contributed by atoms with Crippen molar-refractivity contribution < 1.29 is 0 Å². The van der Waals surface area contributed by atoms with E-state index in [1.54, 1.807) is 0 Å². The van der Waals surface area contributed by atoms with Crippen molar-refractivity contribution in [2.45, 2.75) is 0 Å². The van der Waals surface area contributed by atoms with E-state index in [9.17, 15) is 0 Å². The van der Waals surface area contributed by atoms with Crippen molar-refractivity contribution in [3.8, 4) is 11.1 Å². The van der Waals surface area contributed by atoms with Gasteiger partial charge in [-0.2, -0.15) is 0 Å². The Kier molecular flexibility index (Phi) is 4.02. The molecule has 0 aliphatic carbocycles. The first-order valence-electron chi connectivity index (χ1n) is 7.22. The second-order valence-electron chi connectivity index (χ2n) is 5.20. The Morgan fingerprint density at radius 2 is 1.29 bits per heavy atom. The van der Waals surface area contributed by atoms with Crippen molar-refractivity contribution in [2.75, 3.05) is 0 Å². The number of benzene rings is 3. The van der Waals surface area contributed by atoms with Gasteiger partial charge >= 0.3 is 0 Å². The maximum Gasteiger partial charge on any atom is 0.139 e. The van der Waals surface area contributed by atoms with Crippen LogP contribution in [0.15, 0.2) is 78.9 Å². The zero-order valence-electron chi connectivity index (χ0n) is 12.2. The molecule has 0 saturated heterocycles. The molecule has 0 aliphatic rings. The van der Waals surface area contributed by atoms with Crippen molar-refractivity contribution in [3.05, 3.63) is 90.0 Å². The van der Waals surface area contributed by atoms with Crippen molar-refractivity contribution in [3.63, 3.8) is 0 Å². The lowest BCUT2D eigenvalue weighted by Crippen LogP contribution is -1.99. The second-order valence-corrected chi connectivity index (χ2v) is 5.20. The third-order valence-electron chi connectivity index (χ3n) is 3.58. The van der Waals surface area contributed by atoms with Gasteiger partial charge < -0.3 is 0 Å². The molecule has 0 fully saturated rings. The molecule has 3 aromatic rings. The fraction of sp³-hybridized carbons (Fsp3) is 0. The molecule has 1 heteroatoms. The van der Waals surface area contributed by atoms with Gasteiger partial charge in [0.05, 0.1) is 0 Å². The lowest BCUT2D eigenvalue weighted by Gasteiger charge is -2.07. The molecule has 3 aromatic carbocycles. The van der Waals surface area contributed by atoms with Gasteiger partial charge in [0.25, 0.3) is 0 Å². The first-order chi connectivity index (χ1) is 10.3. The van der Waals surface area contributed by atoms with Gasteiger partial charge in [-0.3, -0.25) is 0 Å². The van der Waals surface area contributed by atoms with Gasteiger partial charge in [-0.05, 0) is 22.3 Å². The molecule has 0 bridgehead atoms. The normalized spacial score (nSPS) is 10.9. The first kappa shape index (κ1) is 13.4. The van der Waals surface area contributed by atoms with Gasteiger partial charge in [0.15, 0.2) is 0 Å². The molecule has 100 valence electrons. The minimum Gasteiger partial charge on any atom is -0.0889 e. The maximum absolute atomic E-state index is 2.19. The number of rotatable bonds is 3. The fourth-order valence-corrected chi connectivity index (χ4v) is 2.39. The van der Waals surface area contributed by atoms with E-state index < -0.39 is 0 Å². The summed E-state index contributed by atoms with van der Waals surface area (Å²) in [5, 5.41) is 0. The summed E-state index contributed by atoms with van der Waals surface area (Å²) in [6.07, 6.45) is 4.34. The first-order valence-corrected chi connectivity index (χ1v) is 7.22. The summed E-state index contributed by atoms with van der Waals surface area (Å²) >= 11 is 0. The van der Waals surface area contributed by atoms with Gasteiger partial charge in [-0.1, -0.05) is 96.5 Å². The van der Waals surface area contributed by atoms with Crippen LogP contribution in [0.2, 0.25) is 0 Å². The van der Waals surface area contributed by atoms with Gasteiger partial charge in [0.1, 0.15) is 7.85 Å². The lowest BCUT2D eigenvalue weighted by atomic mass is 9.92. The predicted molar refractivity (Wildman–Crippen MR) is 95.4 cm³/mol. The van der Waals surface area contributed by atoms with Crippen LogP contribution in [-0.4, -0.2) is 7.85 Å². The third kappa shape index (κ3) is 3.32. The summed E-state index contributed by atoms with van der Waals surface area (Å²) in [6.45, 7) is 0. The van der Waals surface area contributed by atoms with E-state index in [-0.39, 0.29) is 0 Å². The topological polar surface area (TPSA) is 0 Å². The minimum atomic E-state index is 1.22. The van der Waals surface area contributed by atoms with Crippen LogP contribution >= 0.6 is 0 Å². The van der Waals surface area contributed by atoms with Gasteiger partial charge in [-0.25, -0.2) is 0 Å². The molecule has 0 spiro atoms. The van der Waals surface area contributed by atoms with E-state index in [0.29, 0.717) is 0 Å². The zero-order valence-corrected chi connectivity index (χ0v) is 12.2. The number of hydrogen-bond donors (Lipinski definition) is 0. The highest BCUT2D eigenvalue weighted by Crippen LogP contribution is 2.24. The van der Waals surface area contributed by atoms with E-state index in [1.807, 2.05) is 6.07 Å². The Hall–Kier alpha value is -2.54. The summed E-state index contributed by atoms with van der Waals surface area (Å²) in [4.78, 5) is 0. The monoisotopic (exact) mass is 268 g/mol. The second kappa shape index (κ2) is 6.28. The summed E-state index contributed by atoms with van der Waals surface area (Å²) in [6, 6.07) is 27.6. The highest BCUT2D eigenvalue weighted by molar-refractivity contribution is 6.32. The Morgan fingerprint density at radius 3 is 2.05 bits per heavy atom. The predicted octanol–water partition coefficient (Wildman–Crippen LogP) is 3.78. The van der Waals surface area contributed by atoms with Crippen molar-refractivity contribution in [1.29, 1.82) is 0 Å². The van der Waals surface area contributed by atoms with Crippen LogP contribution in [0.5, 0.6) is 0 Å². The Labute approximate surface area is 127 Å². The smallest absolute Gasteiger partial charge is 0.0889 e. The van der Waals surface area contributed by atoms with Crippen molar-refractivity contribution in [1.82, 2.24) is 0 Å². The molecule has 3 rings (SSSR count). The fourth-order valence-electron chi connectivity index (χ4n) is 2.39. The third-order valence-corrected chi connectivity index (χ3v) is 3.58. The van der Waals surface area contributed by atoms with Crippen LogP contribution in [0.1, 0.15) is 11.1 Å². The quantitative estimate of drug-likeness (QED) is 0.501. The molecule has 0 heterocycles. The molecule has 0 amide bonds. The number of hydrogen-bond acceptors (Lipinski definition) is 0. The molecule has 21 heavy (non-hydrogen) atoms. The molecule has 0 unspecified atom stereocenters. The average molecular weight is 268 g/mol. The Balaban J connectivity index is 1.96. The molecule has 0 nitrogen and oxygen atoms in total. The van der Waals surface area contributed by atoms with E-state index in [1.165, 1.54) is 27.7 Å². The van der Waals surface area contributed by atoms with Crippen molar-refractivity contribution >= 4 is 25.5 Å².